The minimum atomic E-state index is 0.343. The molecule has 8 fully saturated rings. The van der Waals surface area contributed by atoms with E-state index in [0.29, 0.717) is 43.3 Å². The van der Waals surface area contributed by atoms with Gasteiger partial charge in [0.15, 0.2) is 0 Å². The molecule has 0 saturated heterocycles. The zero-order chi connectivity index (χ0) is 31.0. The summed E-state index contributed by atoms with van der Waals surface area (Å²) in [6, 6.07) is 15.1. The van der Waals surface area contributed by atoms with E-state index in [1.165, 1.54) is 123 Å². The van der Waals surface area contributed by atoms with E-state index in [0.717, 1.165) is 0 Å². The van der Waals surface area contributed by atoms with Crippen LogP contribution >= 0.6 is 31.9 Å². The van der Waals surface area contributed by atoms with E-state index in [2.05, 4.69) is 110 Å². The van der Waals surface area contributed by atoms with Gasteiger partial charge < -0.3 is 0 Å². The molecular formula is C42H56Br2. The molecule has 238 valence electrons. The second-order valence-electron chi connectivity index (χ2n) is 18.6. The maximum atomic E-state index is 3.87. The Balaban J connectivity index is 1.35. The summed E-state index contributed by atoms with van der Waals surface area (Å²) in [5.41, 5.74) is 9.89. The summed E-state index contributed by atoms with van der Waals surface area (Å²) in [4.78, 5) is 0. The van der Waals surface area contributed by atoms with Crippen LogP contribution < -0.4 is 0 Å². The SMILES string of the molecule is CCC12CC3(CC)CC(c4ccc(Br)c(C)c4)(C1)CC(C14CC5(CC)CC(CC)(CC(c6ccc(Br)c(C)c6)(C5)C1)C4)(C2)C3. The molecule has 0 aromatic heterocycles. The zero-order valence-corrected chi connectivity index (χ0v) is 31.7. The molecule has 44 heavy (non-hydrogen) atoms. The Labute approximate surface area is 285 Å². The Morgan fingerprint density at radius 3 is 1.05 bits per heavy atom. The molecule has 10 rings (SSSR count). The lowest BCUT2D eigenvalue weighted by Gasteiger charge is -2.81. The summed E-state index contributed by atoms with van der Waals surface area (Å²) in [6.45, 7) is 15.0. The molecular weight excluding hydrogens is 664 g/mol. The standard InChI is InChI=1S/C42H56Br2/c1-7-35-17-36(8-2)20-39(19-35,31-11-13-33(43)29(5)15-31)27-41(23-35,24-36)42-25-37(9-3)18-38(10-4,26-42)22-40(21-37,28-42)32-12-14-34(44)30(6)16-32/h11-16H,7-10,17-28H2,1-6H3. The molecule has 4 atom stereocenters. The third kappa shape index (κ3) is 3.97. The average molecular weight is 721 g/mol. The molecule has 8 aliphatic carbocycles. The summed E-state index contributed by atoms with van der Waals surface area (Å²) < 4.78 is 2.55. The van der Waals surface area contributed by atoms with Gasteiger partial charge in [0, 0.05) is 8.95 Å². The largest absolute Gasteiger partial charge is 0.0649 e. The first-order chi connectivity index (χ1) is 20.8. The summed E-state index contributed by atoms with van der Waals surface area (Å²) in [5, 5.41) is 0. The quantitative estimate of drug-likeness (QED) is 0.267. The maximum absolute atomic E-state index is 3.87. The van der Waals surface area contributed by atoms with Gasteiger partial charge in [0.1, 0.15) is 0 Å². The fourth-order valence-corrected chi connectivity index (χ4v) is 15.8. The van der Waals surface area contributed by atoms with Gasteiger partial charge in [-0.25, -0.2) is 0 Å². The van der Waals surface area contributed by atoms with Crippen LogP contribution in [-0.4, -0.2) is 0 Å². The van der Waals surface area contributed by atoms with Gasteiger partial charge in [-0.1, -0.05) is 110 Å². The van der Waals surface area contributed by atoms with Crippen LogP contribution in [0.15, 0.2) is 45.3 Å². The molecule has 0 spiro atoms. The first-order valence-electron chi connectivity index (χ1n) is 18.3. The average Bonchev–Trinajstić information content (AvgIpc) is 2.98. The smallest absolute Gasteiger partial charge is 0.0204 e. The topological polar surface area (TPSA) is 0 Å². The van der Waals surface area contributed by atoms with Crippen molar-refractivity contribution in [1.29, 1.82) is 0 Å². The lowest BCUT2D eigenvalue weighted by atomic mass is 9.23. The second-order valence-corrected chi connectivity index (χ2v) is 20.3. The van der Waals surface area contributed by atoms with Crippen molar-refractivity contribution >= 4 is 31.9 Å². The van der Waals surface area contributed by atoms with Gasteiger partial charge in [0.05, 0.1) is 0 Å². The van der Waals surface area contributed by atoms with E-state index in [1.807, 2.05) is 0 Å². The number of halogens is 2. The fourth-order valence-electron chi connectivity index (χ4n) is 15.3. The van der Waals surface area contributed by atoms with E-state index >= 15 is 0 Å². The number of hydrogen-bond acceptors (Lipinski definition) is 0. The van der Waals surface area contributed by atoms with Gasteiger partial charge in [-0.3, -0.25) is 0 Å². The van der Waals surface area contributed by atoms with Gasteiger partial charge in [0.25, 0.3) is 0 Å². The van der Waals surface area contributed by atoms with Crippen LogP contribution in [0.3, 0.4) is 0 Å². The molecule has 8 saturated carbocycles. The lowest BCUT2D eigenvalue weighted by molar-refractivity contribution is -0.286. The van der Waals surface area contributed by atoms with Gasteiger partial charge >= 0.3 is 0 Å². The molecule has 2 heteroatoms. The van der Waals surface area contributed by atoms with Crippen LogP contribution in [0.2, 0.25) is 0 Å². The number of rotatable bonds is 7. The fraction of sp³-hybridized carbons (Fsp3) is 0.714. The molecule has 0 amide bonds. The zero-order valence-electron chi connectivity index (χ0n) is 28.5. The highest BCUT2D eigenvalue weighted by Gasteiger charge is 2.77. The number of aryl methyl sites for hydroxylation is 2. The molecule has 0 heterocycles. The van der Waals surface area contributed by atoms with Crippen molar-refractivity contribution in [2.75, 3.05) is 0 Å². The van der Waals surface area contributed by atoms with Crippen molar-refractivity contribution in [2.24, 2.45) is 32.5 Å². The highest BCUT2D eigenvalue weighted by atomic mass is 79.9. The van der Waals surface area contributed by atoms with Crippen LogP contribution in [0.4, 0.5) is 0 Å². The minimum absolute atomic E-state index is 0.343. The Kier molecular flexibility index (Phi) is 6.64. The van der Waals surface area contributed by atoms with E-state index < -0.39 is 0 Å². The molecule has 0 N–H and O–H groups in total. The van der Waals surface area contributed by atoms with Crippen LogP contribution in [-0.2, 0) is 10.8 Å². The first kappa shape index (κ1) is 30.7. The second kappa shape index (κ2) is 9.51. The summed E-state index contributed by atoms with van der Waals surface area (Å²) in [7, 11) is 0. The van der Waals surface area contributed by atoms with E-state index in [1.54, 1.807) is 11.1 Å². The van der Waals surface area contributed by atoms with Gasteiger partial charge in [-0.15, -0.1) is 0 Å². The van der Waals surface area contributed by atoms with Crippen LogP contribution in [0.1, 0.15) is 153 Å². The van der Waals surface area contributed by atoms with Crippen molar-refractivity contribution in [2.45, 2.75) is 155 Å². The molecule has 0 radical (unpaired) electrons. The van der Waals surface area contributed by atoms with Crippen LogP contribution in [0.25, 0.3) is 0 Å². The van der Waals surface area contributed by atoms with Gasteiger partial charge in [-0.2, -0.15) is 0 Å². The molecule has 8 aliphatic rings. The molecule has 0 aliphatic heterocycles. The summed E-state index contributed by atoms with van der Waals surface area (Å²) >= 11 is 7.74. The van der Waals surface area contributed by atoms with Crippen LogP contribution in [0.5, 0.6) is 0 Å². The lowest BCUT2D eigenvalue weighted by Crippen LogP contribution is -2.72. The van der Waals surface area contributed by atoms with E-state index in [9.17, 15) is 0 Å². The molecule has 0 nitrogen and oxygen atoms in total. The summed E-state index contributed by atoms with van der Waals surface area (Å²) in [6.07, 6.45) is 23.2. The van der Waals surface area contributed by atoms with E-state index in [-0.39, 0.29) is 0 Å². The Morgan fingerprint density at radius 2 is 0.773 bits per heavy atom. The van der Waals surface area contributed by atoms with E-state index in [4.69, 9.17) is 0 Å². The van der Waals surface area contributed by atoms with Crippen molar-refractivity contribution in [3.63, 3.8) is 0 Å². The summed E-state index contributed by atoms with van der Waals surface area (Å²) in [5.74, 6) is 0. The Bertz CT molecular complexity index is 1360. The predicted molar refractivity (Wildman–Crippen MR) is 192 cm³/mol. The van der Waals surface area contributed by atoms with Crippen LogP contribution in [0, 0.1) is 46.3 Å². The van der Waals surface area contributed by atoms with Crippen molar-refractivity contribution in [3.8, 4) is 0 Å². The Morgan fingerprint density at radius 1 is 0.455 bits per heavy atom. The van der Waals surface area contributed by atoms with Crippen molar-refractivity contribution in [1.82, 2.24) is 0 Å². The molecule has 8 bridgehead atoms. The number of hydrogen-bond donors (Lipinski definition) is 0. The molecule has 4 unspecified atom stereocenters. The number of benzene rings is 2. The Hall–Kier alpha value is -0.600. The molecule has 2 aromatic carbocycles. The molecule has 2 aromatic rings. The van der Waals surface area contributed by atoms with Gasteiger partial charge in [-0.05, 0) is 169 Å². The van der Waals surface area contributed by atoms with Crippen molar-refractivity contribution in [3.05, 3.63) is 67.6 Å². The first-order valence-corrected chi connectivity index (χ1v) is 19.9. The minimum Gasteiger partial charge on any atom is -0.0649 e. The highest BCUT2D eigenvalue weighted by molar-refractivity contribution is 9.10. The third-order valence-electron chi connectivity index (χ3n) is 16.2. The normalized spacial score (nSPS) is 46.6. The third-order valence-corrected chi connectivity index (χ3v) is 18.0. The van der Waals surface area contributed by atoms with Gasteiger partial charge in [0.2, 0.25) is 0 Å². The predicted octanol–water partition coefficient (Wildman–Crippen LogP) is 13.3. The monoisotopic (exact) mass is 718 g/mol. The highest BCUT2D eigenvalue weighted by Crippen LogP contribution is 2.86. The maximum Gasteiger partial charge on any atom is 0.0204 e. The van der Waals surface area contributed by atoms with Crippen molar-refractivity contribution < 1.29 is 0 Å².